The Kier molecular flexibility index (Phi) is 12.8. The van der Waals surface area contributed by atoms with Crippen LogP contribution in [0.1, 0.15) is 41.2 Å². The van der Waals surface area contributed by atoms with Gasteiger partial charge in [0.1, 0.15) is 11.4 Å². The van der Waals surface area contributed by atoms with Gasteiger partial charge in [-0.1, -0.05) is 24.3 Å². The van der Waals surface area contributed by atoms with Gasteiger partial charge in [-0.3, -0.25) is 9.36 Å². The second-order valence-electron chi connectivity index (χ2n) is 8.50. The van der Waals surface area contributed by atoms with Crippen LogP contribution >= 0.6 is 7.60 Å². The van der Waals surface area contributed by atoms with Gasteiger partial charge in [0.15, 0.2) is 5.85 Å². The van der Waals surface area contributed by atoms with Crippen LogP contribution < -0.4 is 16.0 Å². The van der Waals surface area contributed by atoms with Gasteiger partial charge in [0.05, 0.1) is 24.5 Å². The van der Waals surface area contributed by atoms with Crippen molar-refractivity contribution in [1.82, 2.24) is 15.3 Å². The van der Waals surface area contributed by atoms with Crippen molar-refractivity contribution in [2.45, 2.75) is 32.0 Å². The van der Waals surface area contributed by atoms with E-state index in [1.165, 1.54) is 43.4 Å². The number of hydrogen-bond donors (Lipinski definition) is 5. The number of rotatable bonds is 11. The lowest BCUT2D eigenvalue weighted by atomic mass is 10.1. The third kappa shape index (κ3) is 10.4. The molecular weight excluding hydrogens is 639 g/mol. The Hall–Kier alpha value is -4.25. The lowest BCUT2D eigenvalue weighted by Gasteiger charge is -2.22. The van der Waals surface area contributed by atoms with E-state index in [1.54, 1.807) is 26.0 Å². The van der Waals surface area contributed by atoms with Gasteiger partial charge in [0.2, 0.25) is 5.95 Å². The van der Waals surface area contributed by atoms with Crippen LogP contribution in [0.2, 0.25) is 0 Å². The quantitative estimate of drug-likeness (QED) is 0.116. The van der Waals surface area contributed by atoms with Gasteiger partial charge in [-0.2, -0.15) is 31.3 Å². The molecule has 0 aliphatic heterocycles. The first-order chi connectivity index (χ1) is 21.0. The number of halogens is 6. The van der Waals surface area contributed by atoms with E-state index in [9.17, 15) is 40.8 Å². The maximum absolute atomic E-state index is 13.7. The number of para-hydroxylation sites is 1. The first-order valence-electron chi connectivity index (χ1n) is 12.7. The maximum atomic E-state index is 13.7. The summed E-state index contributed by atoms with van der Waals surface area (Å²) in [5.74, 6) is -5.51. The molecule has 3 rings (SSSR count). The number of amides is 1. The summed E-state index contributed by atoms with van der Waals surface area (Å²) in [6.45, 7) is 3.39. The molecule has 0 aliphatic rings. The molecule has 0 bridgehead atoms. The molecule has 0 saturated heterocycles. The molecule has 246 valence electrons. The SMILES string of the molecule is CCOP(=O)(OCC)C(O)c1ccc(Nc2ncc(C(F)(F)F)c(Nc3ccccc3C(=O)NC)n2)cc1.O=C(O)C(F)(F)F. The average Bonchev–Trinajstić information content (AvgIpc) is 2.96. The average molecular weight is 668 g/mol. The fourth-order valence-corrected chi connectivity index (χ4v) is 5.00. The minimum Gasteiger partial charge on any atom is -0.475 e. The minimum absolute atomic E-state index is 0.0726. The molecule has 45 heavy (non-hydrogen) atoms. The number of carboxylic acid groups (broad SMARTS) is 1. The number of anilines is 4. The van der Waals surface area contributed by atoms with Crippen molar-refractivity contribution in [3.63, 3.8) is 0 Å². The highest BCUT2D eigenvalue weighted by Gasteiger charge is 2.38. The molecule has 5 N–H and O–H groups in total. The molecule has 1 amide bonds. The lowest BCUT2D eigenvalue weighted by Crippen LogP contribution is -2.21. The fraction of sp³-hybridized carbons (Fsp3) is 0.308. The summed E-state index contributed by atoms with van der Waals surface area (Å²) in [7, 11) is -2.42. The van der Waals surface area contributed by atoms with Crippen molar-refractivity contribution in [3.05, 3.63) is 71.4 Å². The number of carbonyl (C=O) groups excluding carboxylic acids is 1. The number of alkyl halides is 6. The van der Waals surface area contributed by atoms with E-state index in [2.05, 4.69) is 25.9 Å². The minimum atomic E-state index is -5.08. The summed E-state index contributed by atoms with van der Waals surface area (Å²) in [6, 6.07) is 12.0. The van der Waals surface area contributed by atoms with E-state index in [0.717, 1.165) is 0 Å². The standard InChI is InChI=1S/C24H27F3N5O5P.C2HF3O2/c1-4-36-38(35,37-5-2)22(34)15-10-12-16(13-11-15)30-23-29-14-18(24(25,26)27)20(32-23)31-19-9-7-6-8-17(19)21(33)28-3;3-2(4,5)1(6)7/h6-14,22,34H,4-5H2,1-3H3,(H,28,33)(H2,29,30,31,32);(H,6,7). The van der Waals surface area contributed by atoms with Gasteiger partial charge in [0.25, 0.3) is 5.91 Å². The van der Waals surface area contributed by atoms with E-state index in [0.29, 0.717) is 11.9 Å². The van der Waals surface area contributed by atoms with Crippen LogP contribution in [0.3, 0.4) is 0 Å². The van der Waals surface area contributed by atoms with E-state index in [4.69, 9.17) is 18.9 Å². The monoisotopic (exact) mass is 667 g/mol. The number of carbonyl (C=O) groups is 2. The largest absolute Gasteiger partial charge is 0.490 e. The lowest BCUT2D eigenvalue weighted by molar-refractivity contribution is -0.192. The Labute approximate surface area is 252 Å². The first kappa shape index (κ1) is 36.9. The number of aliphatic hydroxyl groups is 1. The van der Waals surface area contributed by atoms with E-state index in [1.807, 2.05) is 0 Å². The molecule has 0 spiro atoms. The Morgan fingerprint density at radius 3 is 2.00 bits per heavy atom. The molecule has 1 unspecified atom stereocenters. The number of aromatic nitrogens is 2. The highest BCUT2D eigenvalue weighted by Crippen LogP contribution is 2.59. The molecule has 3 aromatic rings. The summed E-state index contributed by atoms with van der Waals surface area (Å²) < 4.78 is 95.9. The van der Waals surface area contributed by atoms with Crippen molar-refractivity contribution < 1.29 is 59.8 Å². The molecule has 12 nitrogen and oxygen atoms in total. The number of hydrogen-bond acceptors (Lipinski definition) is 10. The molecule has 2 aromatic carbocycles. The van der Waals surface area contributed by atoms with Gasteiger partial charge in [0, 0.05) is 18.9 Å². The van der Waals surface area contributed by atoms with Crippen molar-refractivity contribution >= 4 is 42.6 Å². The van der Waals surface area contributed by atoms with Gasteiger partial charge < -0.3 is 35.2 Å². The third-order valence-corrected chi connectivity index (χ3v) is 7.50. The summed E-state index contributed by atoms with van der Waals surface area (Å²) in [6.07, 6.45) is -9.23. The summed E-state index contributed by atoms with van der Waals surface area (Å²) in [5.41, 5.74) is -0.256. The van der Waals surface area contributed by atoms with Crippen molar-refractivity contribution in [3.8, 4) is 0 Å². The molecule has 0 saturated carbocycles. The van der Waals surface area contributed by atoms with Gasteiger partial charge in [-0.05, 0) is 43.7 Å². The zero-order valence-electron chi connectivity index (χ0n) is 23.7. The van der Waals surface area contributed by atoms with Crippen molar-refractivity contribution in [2.75, 3.05) is 30.9 Å². The first-order valence-corrected chi connectivity index (χ1v) is 14.3. The van der Waals surface area contributed by atoms with Gasteiger partial charge in [-0.25, -0.2) is 9.78 Å². The Bertz CT molecular complexity index is 1500. The number of nitrogens with one attached hydrogen (secondary N) is 3. The number of aliphatic carboxylic acids is 1. The van der Waals surface area contributed by atoms with Crippen LogP contribution in [0.5, 0.6) is 0 Å². The van der Waals surface area contributed by atoms with Gasteiger partial charge in [-0.15, -0.1) is 0 Å². The summed E-state index contributed by atoms with van der Waals surface area (Å²) >= 11 is 0. The predicted molar refractivity (Wildman–Crippen MR) is 149 cm³/mol. The third-order valence-electron chi connectivity index (χ3n) is 5.37. The Morgan fingerprint density at radius 2 is 1.51 bits per heavy atom. The normalized spacial score (nSPS) is 12.4. The zero-order chi connectivity index (χ0) is 34.0. The zero-order valence-corrected chi connectivity index (χ0v) is 24.6. The van der Waals surface area contributed by atoms with Crippen LogP contribution in [0.15, 0.2) is 54.7 Å². The second kappa shape index (κ2) is 15.7. The number of nitrogens with zero attached hydrogens (tertiary/aromatic N) is 2. The van der Waals surface area contributed by atoms with Crippen LogP contribution in [-0.2, 0) is 24.6 Å². The highest BCUT2D eigenvalue weighted by atomic mass is 31.2. The summed E-state index contributed by atoms with van der Waals surface area (Å²) in [4.78, 5) is 28.8. The molecule has 0 fully saturated rings. The van der Waals surface area contributed by atoms with Crippen LogP contribution in [0, 0.1) is 0 Å². The van der Waals surface area contributed by atoms with Crippen LogP contribution in [0.25, 0.3) is 0 Å². The van der Waals surface area contributed by atoms with Crippen LogP contribution in [0.4, 0.5) is 49.5 Å². The van der Waals surface area contributed by atoms with Crippen molar-refractivity contribution in [2.24, 2.45) is 0 Å². The number of benzene rings is 2. The van der Waals surface area contributed by atoms with Gasteiger partial charge >= 0.3 is 25.9 Å². The molecule has 0 aliphatic carbocycles. The Balaban J connectivity index is 0.000000900. The van der Waals surface area contributed by atoms with E-state index < -0.39 is 49.1 Å². The fourth-order valence-electron chi connectivity index (χ4n) is 3.39. The Morgan fingerprint density at radius 1 is 0.956 bits per heavy atom. The molecular formula is C26H28F6N5O7P. The molecule has 1 aromatic heterocycles. The number of aliphatic hydroxyl groups excluding tert-OH is 1. The van der Waals surface area contributed by atoms with Crippen LogP contribution in [-0.4, -0.2) is 58.5 Å². The van der Waals surface area contributed by atoms with E-state index >= 15 is 0 Å². The van der Waals surface area contributed by atoms with Crippen molar-refractivity contribution in [1.29, 1.82) is 0 Å². The topological polar surface area (TPSA) is 172 Å². The predicted octanol–water partition coefficient (Wildman–Crippen LogP) is 6.23. The molecule has 19 heteroatoms. The maximum Gasteiger partial charge on any atom is 0.490 e. The molecule has 0 radical (unpaired) electrons. The number of carboxylic acids is 1. The molecule has 1 heterocycles. The van der Waals surface area contributed by atoms with E-state index in [-0.39, 0.29) is 36.0 Å². The summed E-state index contributed by atoms with van der Waals surface area (Å²) in [5, 5.41) is 25.5. The molecule has 1 atom stereocenters. The second-order valence-corrected chi connectivity index (χ2v) is 10.6. The smallest absolute Gasteiger partial charge is 0.475 e. The highest BCUT2D eigenvalue weighted by molar-refractivity contribution is 7.54.